The second-order valence-corrected chi connectivity index (χ2v) is 11.9. The van der Waals surface area contributed by atoms with Gasteiger partial charge in [-0.1, -0.05) is 69.3 Å². The summed E-state index contributed by atoms with van der Waals surface area (Å²) in [4.78, 5) is 67.8. The van der Waals surface area contributed by atoms with Crippen molar-refractivity contribution in [1.82, 2.24) is 21.3 Å². The van der Waals surface area contributed by atoms with Crippen molar-refractivity contribution in [1.29, 1.82) is 0 Å². The Morgan fingerprint density at radius 3 is 2.15 bits per heavy atom. The highest BCUT2D eigenvalue weighted by molar-refractivity contribution is 6.08. The Kier molecular flexibility index (Phi) is 11.6. The quantitative estimate of drug-likeness (QED) is 0.215. The Morgan fingerprint density at radius 1 is 0.787 bits per heavy atom. The van der Waals surface area contributed by atoms with Crippen LogP contribution in [0.25, 0.3) is 0 Å². The number of ether oxygens (including phenoxy) is 1. The summed E-state index contributed by atoms with van der Waals surface area (Å²) in [6.45, 7) is 5.08. The summed E-state index contributed by atoms with van der Waals surface area (Å²) in [5.41, 5.74) is 1.16. The maximum absolute atomic E-state index is 14.0. The molecule has 3 aromatic rings. The van der Waals surface area contributed by atoms with Gasteiger partial charge >= 0.3 is 0 Å². The van der Waals surface area contributed by atoms with E-state index in [2.05, 4.69) is 26.6 Å². The monoisotopic (exact) mass is 643 g/mol. The van der Waals surface area contributed by atoms with Gasteiger partial charge in [-0.25, -0.2) is 0 Å². The Balaban J connectivity index is 1.77. The Morgan fingerprint density at radius 2 is 1.49 bits per heavy atom. The lowest BCUT2D eigenvalue weighted by atomic mass is 9.91. The zero-order chi connectivity index (χ0) is 34.1. The van der Waals surface area contributed by atoms with E-state index in [4.69, 9.17) is 4.74 Å². The van der Waals surface area contributed by atoms with Gasteiger partial charge in [0.15, 0.2) is 0 Å². The molecule has 5 amide bonds. The molecule has 12 nitrogen and oxygen atoms in total. The first-order valence-corrected chi connectivity index (χ1v) is 15.5. The largest absolute Gasteiger partial charge is 0.506 e. The molecule has 1 aliphatic rings. The molecule has 0 spiro atoms. The smallest absolute Gasteiger partial charge is 0.254 e. The van der Waals surface area contributed by atoms with E-state index in [-0.39, 0.29) is 35.8 Å². The Bertz CT molecular complexity index is 1590. The van der Waals surface area contributed by atoms with E-state index in [1.54, 1.807) is 55.5 Å². The number of amides is 5. The van der Waals surface area contributed by atoms with E-state index in [9.17, 15) is 29.1 Å². The van der Waals surface area contributed by atoms with Gasteiger partial charge in [-0.3, -0.25) is 24.0 Å². The average Bonchev–Trinajstić information content (AvgIpc) is 3.05. The first kappa shape index (κ1) is 34.5. The summed E-state index contributed by atoms with van der Waals surface area (Å²) in [5.74, 6) is -3.70. The molecule has 248 valence electrons. The molecule has 4 rings (SSSR count). The lowest BCUT2D eigenvalue weighted by Crippen LogP contribution is -2.56. The lowest BCUT2D eigenvalue weighted by molar-refractivity contribution is -0.132. The second-order valence-electron chi connectivity index (χ2n) is 11.9. The molecule has 47 heavy (non-hydrogen) atoms. The molecule has 0 unspecified atom stereocenters. The van der Waals surface area contributed by atoms with Crippen LogP contribution in [0.3, 0.4) is 0 Å². The summed E-state index contributed by atoms with van der Waals surface area (Å²) in [7, 11) is 1.53. The highest BCUT2D eigenvalue weighted by Gasteiger charge is 2.34. The number of phenols is 1. The van der Waals surface area contributed by atoms with Crippen LogP contribution in [0.15, 0.2) is 72.8 Å². The summed E-state index contributed by atoms with van der Waals surface area (Å²) < 4.78 is 5.26. The Hall–Kier alpha value is -5.39. The summed E-state index contributed by atoms with van der Waals surface area (Å²) in [5, 5.41) is 24.2. The minimum atomic E-state index is -1.20. The molecule has 0 aliphatic carbocycles. The minimum Gasteiger partial charge on any atom is -0.506 e. The molecule has 1 heterocycles. The van der Waals surface area contributed by atoms with Gasteiger partial charge in [0, 0.05) is 12.3 Å². The third-order valence-corrected chi connectivity index (χ3v) is 7.94. The third-order valence-electron chi connectivity index (χ3n) is 7.94. The van der Waals surface area contributed by atoms with E-state index >= 15 is 0 Å². The molecule has 3 aromatic carbocycles. The number of phenolic OH excluding ortho intramolecular Hbond substituents is 1. The van der Waals surface area contributed by atoms with Crippen LogP contribution in [-0.4, -0.2) is 66.4 Å². The van der Waals surface area contributed by atoms with Crippen molar-refractivity contribution >= 4 is 35.2 Å². The molecule has 0 aromatic heterocycles. The number of hydrogen-bond acceptors (Lipinski definition) is 7. The van der Waals surface area contributed by atoms with E-state index in [0.717, 1.165) is 5.56 Å². The van der Waals surface area contributed by atoms with Gasteiger partial charge in [-0.2, -0.15) is 0 Å². The fraction of sp³-hybridized carbons (Fsp3) is 0.343. The van der Waals surface area contributed by atoms with E-state index in [0.29, 0.717) is 11.3 Å². The van der Waals surface area contributed by atoms with Gasteiger partial charge < -0.3 is 36.4 Å². The number of rotatable bonds is 7. The van der Waals surface area contributed by atoms with Crippen LogP contribution < -0.4 is 31.3 Å². The molecule has 4 atom stereocenters. The van der Waals surface area contributed by atoms with Crippen LogP contribution in [0, 0.1) is 5.92 Å². The molecule has 0 bridgehead atoms. The molecule has 12 heteroatoms. The van der Waals surface area contributed by atoms with E-state index in [1.165, 1.54) is 25.3 Å². The van der Waals surface area contributed by atoms with E-state index in [1.807, 2.05) is 19.9 Å². The molecule has 1 aliphatic heterocycles. The predicted octanol–water partition coefficient (Wildman–Crippen LogP) is 2.63. The van der Waals surface area contributed by atoms with Gasteiger partial charge in [0.2, 0.25) is 23.6 Å². The number of nitrogens with one attached hydrogen (secondary N) is 5. The normalized spacial score (nSPS) is 20.2. The zero-order valence-electron chi connectivity index (χ0n) is 26.8. The van der Waals surface area contributed by atoms with Crippen LogP contribution in [0.5, 0.6) is 11.5 Å². The van der Waals surface area contributed by atoms with Crippen molar-refractivity contribution in [2.45, 2.75) is 57.7 Å². The second kappa shape index (κ2) is 15.7. The highest BCUT2D eigenvalue weighted by Crippen LogP contribution is 2.30. The number of para-hydroxylation sites is 1. The van der Waals surface area contributed by atoms with Crippen molar-refractivity contribution in [3.8, 4) is 11.5 Å². The predicted molar refractivity (Wildman–Crippen MR) is 176 cm³/mol. The molecule has 0 fully saturated rings. The fourth-order valence-electron chi connectivity index (χ4n) is 5.37. The van der Waals surface area contributed by atoms with Crippen LogP contribution >= 0.6 is 0 Å². The number of methoxy groups -OCH3 is 1. The highest BCUT2D eigenvalue weighted by atomic mass is 16.5. The van der Waals surface area contributed by atoms with Gasteiger partial charge in [0.25, 0.3) is 5.91 Å². The number of aromatic hydroxyl groups is 1. The van der Waals surface area contributed by atoms with E-state index < -0.39 is 60.1 Å². The summed E-state index contributed by atoms with van der Waals surface area (Å²) in [6, 6.07) is 16.8. The first-order chi connectivity index (χ1) is 22.5. The average molecular weight is 644 g/mol. The van der Waals surface area contributed by atoms with Gasteiger partial charge in [0.05, 0.1) is 24.9 Å². The molecule has 0 radical (unpaired) electrons. The molecule has 0 saturated heterocycles. The number of carbonyl (C=O) groups is 5. The van der Waals surface area contributed by atoms with Crippen molar-refractivity contribution in [2.75, 3.05) is 19.0 Å². The maximum atomic E-state index is 14.0. The lowest BCUT2D eigenvalue weighted by Gasteiger charge is -2.29. The van der Waals surface area contributed by atoms with Crippen molar-refractivity contribution in [2.24, 2.45) is 5.92 Å². The maximum Gasteiger partial charge on any atom is 0.254 e. The number of carbonyl (C=O) groups excluding carboxylic acids is 5. The van der Waals surface area contributed by atoms with Crippen LogP contribution in [0.2, 0.25) is 0 Å². The fourth-order valence-corrected chi connectivity index (χ4v) is 5.37. The summed E-state index contributed by atoms with van der Waals surface area (Å²) in [6.07, 6.45) is 0.355. The summed E-state index contributed by atoms with van der Waals surface area (Å²) >= 11 is 0. The van der Waals surface area contributed by atoms with Crippen LogP contribution in [0.4, 0.5) is 5.69 Å². The minimum absolute atomic E-state index is 0.00758. The number of benzene rings is 3. The SMILES string of the molecule is COc1ccc([C@@H](C)[C@@H]2NC(=O)[C@@H](CC(C)C)NC(=O)CNC(=O)[C@@H](Cc3ccccc3)NC(=O)c3cccc(O)c3NC2=O)cc1. The zero-order valence-corrected chi connectivity index (χ0v) is 26.8. The van der Waals surface area contributed by atoms with Crippen molar-refractivity contribution in [3.05, 3.63) is 89.5 Å². The number of anilines is 1. The third kappa shape index (κ3) is 9.09. The molecule has 0 saturated carbocycles. The van der Waals surface area contributed by atoms with Crippen molar-refractivity contribution < 1.29 is 33.8 Å². The molecular formula is C35H41N5O7. The van der Waals surface area contributed by atoms with Gasteiger partial charge in [0.1, 0.15) is 29.6 Å². The van der Waals surface area contributed by atoms with Crippen LogP contribution in [-0.2, 0) is 25.6 Å². The Labute approximate surface area is 273 Å². The van der Waals surface area contributed by atoms with Gasteiger partial charge in [-0.05, 0) is 47.7 Å². The van der Waals surface area contributed by atoms with Crippen molar-refractivity contribution in [3.63, 3.8) is 0 Å². The van der Waals surface area contributed by atoms with Gasteiger partial charge in [-0.15, -0.1) is 0 Å². The molecule has 6 N–H and O–H groups in total. The number of fused-ring (bicyclic) bond motifs is 1. The van der Waals surface area contributed by atoms with Crippen LogP contribution in [0.1, 0.15) is 54.6 Å². The first-order valence-electron chi connectivity index (χ1n) is 15.5. The standard InChI is InChI=1S/C35H41N5O7/c1-20(2)17-26-34(45)39-30(21(3)23-13-15-24(47-4)16-14-23)35(46)40-31-25(11-8-12-28(31)41)32(43)38-27(18-22-9-6-5-7-10-22)33(44)36-19-29(42)37-26/h5-16,20-21,26-27,30,41H,17-19H2,1-4H3,(H,36,44)(H,37,42)(H,38,43)(H,39,45)(H,40,46)/t21-,26-,27-,30+/m1/s1. The topological polar surface area (TPSA) is 175 Å². The number of hydrogen-bond donors (Lipinski definition) is 6. The molecular weight excluding hydrogens is 602 g/mol.